The number of carbonyl (C=O) groups is 1. The van der Waals surface area contributed by atoms with Gasteiger partial charge in [-0.2, -0.15) is 0 Å². The lowest BCUT2D eigenvalue weighted by atomic mass is 9.90. The lowest BCUT2D eigenvalue weighted by molar-refractivity contribution is 0.0950. The quantitative estimate of drug-likeness (QED) is 0.413. The third-order valence-corrected chi connectivity index (χ3v) is 6.37. The van der Waals surface area contributed by atoms with Crippen LogP contribution in [-0.4, -0.2) is 51.9 Å². The Balaban J connectivity index is 1.45. The molecule has 2 heterocycles. The van der Waals surface area contributed by atoms with Crippen LogP contribution in [0.5, 0.6) is 17.2 Å². The second kappa shape index (κ2) is 9.62. The first-order valence-corrected chi connectivity index (χ1v) is 11.6. The fourth-order valence-electron chi connectivity index (χ4n) is 4.50. The molecule has 5 rings (SSSR count). The molecule has 1 aromatic heterocycles. The third-order valence-electron chi connectivity index (χ3n) is 6.37. The number of carbonyl (C=O) groups excluding carboxylic acids is 1. The summed E-state index contributed by atoms with van der Waals surface area (Å²) in [6, 6.07) is 20.1. The molecule has 0 saturated heterocycles. The number of methoxy groups -OCH3 is 1. The Morgan fingerprint density at radius 2 is 1.86 bits per heavy atom. The first-order valence-electron chi connectivity index (χ1n) is 11.6. The number of ether oxygens (including phenoxy) is 3. The Bertz CT molecular complexity index is 1330. The zero-order valence-corrected chi connectivity index (χ0v) is 20.1. The van der Waals surface area contributed by atoms with Crippen molar-refractivity contribution >= 4 is 22.5 Å². The van der Waals surface area contributed by atoms with Gasteiger partial charge in [0.1, 0.15) is 13.2 Å². The van der Waals surface area contributed by atoms with Gasteiger partial charge >= 0.3 is 0 Å². The molecule has 1 aliphatic rings. The van der Waals surface area contributed by atoms with Gasteiger partial charge < -0.3 is 29.4 Å². The van der Waals surface area contributed by atoms with Gasteiger partial charge in [-0.3, -0.25) is 4.79 Å². The summed E-state index contributed by atoms with van der Waals surface area (Å²) < 4.78 is 16.8. The molecule has 35 heavy (non-hydrogen) atoms. The van der Waals surface area contributed by atoms with E-state index in [1.165, 1.54) is 0 Å². The van der Waals surface area contributed by atoms with Gasteiger partial charge in [-0.1, -0.05) is 30.3 Å². The zero-order valence-electron chi connectivity index (χ0n) is 20.1. The standard InChI is InChI=1S/C28H29N3O4/c1-31(2)20-10-8-18(9-11-20)22(23-17-29-24-7-5-4-6-21(23)24)16-30-28(32)19-14-25(33-3)27-26(15-19)34-12-13-35-27/h4-11,14-15,17,22,29H,12-13,16H2,1-3H3,(H,30,32). The summed E-state index contributed by atoms with van der Waals surface area (Å²) >= 11 is 0. The van der Waals surface area contributed by atoms with E-state index in [9.17, 15) is 4.79 Å². The Kier molecular flexibility index (Phi) is 6.23. The first kappa shape index (κ1) is 22.7. The number of benzene rings is 3. The second-order valence-corrected chi connectivity index (χ2v) is 8.74. The minimum absolute atomic E-state index is 0.0366. The van der Waals surface area contributed by atoms with Gasteiger partial charge in [0.15, 0.2) is 11.5 Å². The molecule has 0 bridgehead atoms. The SMILES string of the molecule is COc1cc(C(=O)NCC(c2ccc(N(C)C)cc2)c2c[nH]c3ccccc23)cc2c1OCCO2. The van der Waals surface area contributed by atoms with Crippen LogP contribution in [0.3, 0.4) is 0 Å². The molecule has 0 radical (unpaired) electrons. The summed E-state index contributed by atoms with van der Waals surface area (Å²) in [7, 11) is 5.60. The predicted molar refractivity (Wildman–Crippen MR) is 137 cm³/mol. The Hall–Kier alpha value is -4.13. The highest BCUT2D eigenvalue weighted by Crippen LogP contribution is 2.40. The Morgan fingerprint density at radius 1 is 1.09 bits per heavy atom. The highest BCUT2D eigenvalue weighted by molar-refractivity contribution is 5.96. The maximum Gasteiger partial charge on any atom is 0.251 e. The van der Waals surface area contributed by atoms with Crippen LogP contribution in [0.15, 0.2) is 66.9 Å². The zero-order chi connectivity index (χ0) is 24.4. The number of aromatic nitrogens is 1. The van der Waals surface area contributed by atoms with Crippen LogP contribution in [0.4, 0.5) is 5.69 Å². The largest absolute Gasteiger partial charge is 0.493 e. The lowest BCUT2D eigenvalue weighted by Gasteiger charge is -2.22. The number of rotatable bonds is 7. The summed E-state index contributed by atoms with van der Waals surface area (Å²) in [5, 5.41) is 4.27. The molecule has 1 atom stereocenters. The van der Waals surface area contributed by atoms with E-state index in [1.807, 2.05) is 32.4 Å². The molecule has 0 spiro atoms. The van der Waals surface area contributed by atoms with Crippen molar-refractivity contribution < 1.29 is 19.0 Å². The molecule has 7 nitrogen and oxygen atoms in total. The summed E-state index contributed by atoms with van der Waals surface area (Å²) in [5.74, 6) is 1.31. The van der Waals surface area contributed by atoms with Crippen LogP contribution < -0.4 is 24.4 Å². The topological polar surface area (TPSA) is 75.8 Å². The maximum atomic E-state index is 13.2. The van der Waals surface area contributed by atoms with Crippen LogP contribution in [0.2, 0.25) is 0 Å². The van der Waals surface area contributed by atoms with Crippen LogP contribution in [0, 0.1) is 0 Å². The van der Waals surface area contributed by atoms with Crippen LogP contribution in [0.25, 0.3) is 10.9 Å². The average Bonchev–Trinajstić information content (AvgIpc) is 3.32. The van der Waals surface area contributed by atoms with Gasteiger partial charge in [-0.05, 0) is 41.5 Å². The number of amides is 1. The highest BCUT2D eigenvalue weighted by atomic mass is 16.6. The van der Waals surface area contributed by atoms with Crippen molar-refractivity contribution in [3.05, 3.63) is 83.6 Å². The van der Waals surface area contributed by atoms with Crippen molar-refractivity contribution in [2.24, 2.45) is 0 Å². The van der Waals surface area contributed by atoms with Crippen molar-refractivity contribution in [3.8, 4) is 17.2 Å². The molecule has 0 aliphatic carbocycles. The van der Waals surface area contributed by atoms with Gasteiger partial charge in [0.25, 0.3) is 5.91 Å². The molecule has 7 heteroatoms. The molecular weight excluding hydrogens is 442 g/mol. The first-order chi connectivity index (χ1) is 17.0. The Labute approximate surface area is 204 Å². The van der Waals surface area contributed by atoms with Crippen LogP contribution in [0.1, 0.15) is 27.4 Å². The summed E-state index contributed by atoms with van der Waals surface area (Å²) in [4.78, 5) is 18.7. The van der Waals surface area contributed by atoms with E-state index in [0.29, 0.717) is 42.6 Å². The lowest BCUT2D eigenvalue weighted by Crippen LogP contribution is -2.29. The average molecular weight is 472 g/mol. The van der Waals surface area contributed by atoms with Crippen molar-refractivity contribution in [1.29, 1.82) is 0 Å². The number of hydrogen-bond acceptors (Lipinski definition) is 5. The van der Waals surface area contributed by atoms with Gasteiger partial charge in [0.05, 0.1) is 7.11 Å². The van der Waals surface area contributed by atoms with Crippen LogP contribution in [-0.2, 0) is 0 Å². The fourth-order valence-corrected chi connectivity index (χ4v) is 4.50. The second-order valence-electron chi connectivity index (χ2n) is 8.74. The molecule has 0 fully saturated rings. The molecule has 2 N–H and O–H groups in total. The summed E-state index contributed by atoms with van der Waals surface area (Å²) in [6.45, 7) is 1.32. The van der Waals surface area contributed by atoms with Crippen molar-refractivity contribution in [1.82, 2.24) is 10.3 Å². The number of nitrogens with zero attached hydrogens (tertiary/aromatic N) is 1. The van der Waals surface area contributed by atoms with E-state index in [2.05, 4.69) is 51.6 Å². The highest BCUT2D eigenvalue weighted by Gasteiger charge is 2.23. The van der Waals surface area contributed by atoms with E-state index in [4.69, 9.17) is 14.2 Å². The number of fused-ring (bicyclic) bond motifs is 2. The molecule has 1 amide bonds. The molecule has 3 aromatic carbocycles. The summed E-state index contributed by atoms with van der Waals surface area (Å²) in [5.41, 5.74) is 4.92. The summed E-state index contributed by atoms with van der Waals surface area (Å²) in [6.07, 6.45) is 2.04. The molecular formula is C28H29N3O4. The molecule has 180 valence electrons. The molecule has 1 aliphatic heterocycles. The Morgan fingerprint density at radius 3 is 2.63 bits per heavy atom. The number of H-pyrrole nitrogens is 1. The van der Waals surface area contributed by atoms with E-state index in [0.717, 1.165) is 27.7 Å². The number of aromatic amines is 1. The maximum absolute atomic E-state index is 13.2. The van der Waals surface area contributed by atoms with Gasteiger partial charge in [-0.25, -0.2) is 0 Å². The van der Waals surface area contributed by atoms with Crippen molar-refractivity contribution in [2.45, 2.75) is 5.92 Å². The predicted octanol–water partition coefficient (Wildman–Crippen LogP) is 4.58. The smallest absolute Gasteiger partial charge is 0.251 e. The van der Waals surface area contributed by atoms with Gasteiger partial charge in [0, 0.05) is 54.9 Å². The third kappa shape index (κ3) is 4.49. The van der Waals surface area contributed by atoms with Crippen molar-refractivity contribution in [2.75, 3.05) is 45.9 Å². The van der Waals surface area contributed by atoms with E-state index < -0.39 is 0 Å². The van der Waals surface area contributed by atoms with Gasteiger partial charge in [-0.15, -0.1) is 0 Å². The normalized spacial score (nSPS) is 13.3. The fraction of sp³-hybridized carbons (Fsp3) is 0.250. The monoisotopic (exact) mass is 471 g/mol. The van der Waals surface area contributed by atoms with Crippen molar-refractivity contribution in [3.63, 3.8) is 0 Å². The number of anilines is 1. The van der Waals surface area contributed by atoms with E-state index >= 15 is 0 Å². The number of nitrogens with one attached hydrogen (secondary N) is 2. The molecule has 1 unspecified atom stereocenters. The van der Waals surface area contributed by atoms with E-state index in [-0.39, 0.29) is 11.8 Å². The minimum Gasteiger partial charge on any atom is -0.493 e. The number of hydrogen-bond donors (Lipinski definition) is 2. The van der Waals surface area contributed by atoms with E-state index in [1.54, 1.807) is 19.2 Å². The van der Waals surface area contributed by atoms with Gasteiger partial charge in [0.2, 0.25) is 5.75 Å². The number of para-hydroxylation sites is 1. The van der Waals surface area contributed by atoms with Crippen LogP contribution >= 0.6 is 0 Å². The molecule has 4 aromatic rings. The minimum atomic E-state index is -0.199. The molecule has 0 saturated carbocycles.